The molecule has 1 aromatic rings. The van der Waals surface area contributed by atoms with Gasteiger partial charge >= 0.3 is 0 Å². The molecule has 1 atom stereocenters. The second-order valence-electron chi connectivity index (χ2n) is 5.76. The number of aromatic nitrogens is 2. The molecule has 1 unspecified atom stereocenters. The van der Waals surface area contributed by atoms with Crippen molar-refractivity contribution in [2.75, 3.05) is 24.6 Å². The van der Waals surface area contributed by atoms with Crippen molar-refractivity contribution in [3.05, 3.63) is 17.6 Å². The smallest absolute Gasteiger partial charge is 0.132 e. The standard InChI is InChI=1S/C15H25N3O2/c1-3-5-13-16-12(2)10-14(17-13)18-8-4-6-15(20,11-19)7-9-18/h10,19-20H,3-9,11H2,1-2H3. The van der Waals surface area contributed by atoms with Crippen molar-refractivity contribution < 1.29 is 10.2 Å². The zero-order valence-corrected chi connectivity index (χ0v) is 12.5. The number of anilines is 1. The maximum absolute atomic E-state index is 10.2. The Labute approximate surface area is 120 Å². The van der Waals surface area contributed by atoms with Crippen LogP contribution in [-0.4, -0.2) is 45.5 Å². The molecule has 2 rings (SSSR count). The minimum atomic E-state index is -0.928. The maximum Gasteiger partial charge on any atom is 0.132 e. The monoisotopic (exact) mass is 279 g/mol. The highest BCUT2D eigenvalue weighted by Gasteiger charge is 2.29. The van der Waals surface area contributed by atoms with Crippen LogP contribution in [0.1, 0.15) is 44.1 Å². The van der Waals surface area contributed by atoms with Crippen molar-refractivity contribution in [1.82, 2.24) is 9.97 Å². The number of hydrogen-bond acceptors (Lipinski definition) is 5. The molecule has 0 radical (unpaired) electrons. The average molecular weight is 279 g/mol. The van der Waals surface area contributed by atoms with Crippen LogP contribution in [0, 0.1) is 6.92 Å². The number of hydrogen-bond donors (Lipinski definition) is 2. The van der Waals surface area contributed by atoms with Gasteiger partial charge in [0.25, 0.3) is 0 Å². The highest BCUT2D eigenvalue weighted by Crippen LogP contribution is 2.24. The Kier molecular flexibility index (Phi) is 4.94. The quantitative estimate of drug-likeness (QED) is 0.873. The predicted octanol–water partition coefficient (Wildman–Crippen LogP) is 1.45. The molecule has 0 aliphatic carbocycles. The van der Waals surface area contributed by atoms with Gasteiger partial charge in [-0.15, -0.1) is 0 Å². The van der Waals surface area contributed by atoms with Crippen molar-refractivity contribution in [2.45, 2.75) is 51.6 Å². The van der Waals surface area contributed by atoms with Gasteiger partial charge in [-0.2, -0.15) is 0 Å². The van der Waals surface area contributed by atoms with Crippen LogP contribution < -0.4 is 4.90 Å². The molecule has 1 aliphatic rings. The SMILES string of the molecule is CCCc1nc(C)cc(N2CCCC(O)(CO)CC2)n1. The minimum absolute atomic E-state index is 0.162. The zero-order valence-electron chi connectivity index (χ0n) is 12.5. The lowest BCUT2D eigenvalue weighted by Crippen LogP contribution is -2.35. The van der Waals surface area contributed by atoms with Gasteiger partial charge in [-0.3, -0.25) is 0 Å². The first-order chi connectivity index (χ1) is 9.56. The predicted molar refractivity (Wildman–Crippen MR) is 78.9 cm³/mol. The van der Waals surface area contributed by atoms with E-state index in [1.54, 1.807) is 0 Å². The molecule has 2 heterocycles. The van der Waals surface area contributed by atoms with Crippen LogP contribution in [-0.2, 0) is 6.42 Å². The molecule has 0 bridgehead atoms. The molecular weight excluding hydrogens is 254 g/mol. The second kappa shape index (κ2) is 6.50. The summed E-state index contributed by atoms with van der Waals surface area (Å²) in [4.78, 5) is 11.3. The Bertz CT molecular complexity index is 453. The van der Waals surface area contributed by atoms with Crippen molar-refractivity contribution >= 4 is 5.82 Å². The molecule has 5 heteroatoms. The van der Waals surface area contributed by atoms with Crippen LogP contribution in [0.5, 0.6) is 0 Å². The Morgan fingerprint density at radius 2 is 2.10 bits per heavy atom. The summed E-state index contributed by atoms with van der Waals surface area (Å²) in [6.07, 6.45) is 4.01. The maximum atomic E-state index is 10.2. The third-order valence-electron chi connectivity index (χ3n) is 3.90. The summed E-state index contributed by atoms with van der Waals surface area (Å²) in [6.45, 7) is 5.54. The summed E-state index contributed by atoms with van der Waals surface area (Å²) in [5.41, 5.74) is 0.0587. The van der Waals surface area contributed by atoms with Crippen LogP contribution >= 0.6 is 0 Å². The number of aliphatic hydroxyl groups excluding tert-OH is 1. The van der Waals surface area contributed by atoms with Gasteiger partial charge in [0.2, 0.25) is 0 Å². The number of rotatable bonds is 4. The molecule has 0 saturated carbocycles. The van der Waals surface area contributed by atoms with E-state index < -0.39 is 5.60 Å². The van der Waals surface area contributed by atoms with E-state index >= 15 is 0 Å². The minimum Gasteiger partial charge on any atom is -0.393 e. The molecule has 5 nitrogen and oxygen atoms in total. The van der Waals surface area contributed by atoms with Crippen LogP contribution in [0.4, 0.5) is 5.82 Å². The van der Waals surface area contributed by atoms with E-state index in [9.17, 15) is 10.2 Å². The topological polar surface area (TPSA) is 69.5 Å². The molecule has 1 saturated heterocycles. The number of aryl methyl sites for hydroxylation is 2. The highest BCUT2D eigenvalue weighted by atomic mass is 16.3. The van der Waals surface area contributed by atoms with Gasteiger partial charge in [0.05, 0.1) is 12.2 Å². The lowest BCUT2D eigenvalue weighted by atomic mass is 9.96. The van der Waals surface area contributed by atoms with E-state index in [0.717, 1.165) is 49.7 Å². The van der Waals surface area contributed by atoms with Crippen LogP contribution in [0.3, 0.4) is 0 Å². The summed E-state index contributed by atoms with van der Waals surface area (Å²) in [6, 6.07) is 2.00. The lowest BCUT2D eigenvalue weighted by molar-refractivity contribution is -0.0232. The van der Waals surface area contributed by atoms with Gasteiger partial charge in [0.15, 0.2) is 0 Å². The normalized spacial score (nSPS) is 23.7. The summed E-state index contributed by atoms with van der Waals surface area (Å²) >= 11 is 0. The van der Waals surface area contributed by atoms with Gasteiger partial charge in [-0.1, -0.05) is 6.92 Å². The summed E-state index contributed by atoms with van der Waals surface area (Å²) in [5.74, 6) is 1.84. The summed E-state index contributed by atoms with van der Waals surface area (Å²) in [5, 5.41) is 19.5. The Morgan fingerprint density at radius 3 is 2.80 bits per heavy atom. The molecule has 0 spiro atoms. The Hall–Kier alpha value is -1.20. The molecule has 0 amide bonds. The van der Waals surface area contributed by atoms with E-state index in [4.69, 9.17) is 0 Å². The van der Waals surface area contributed by atoms with E-state index in [1.807, 2.05) is 13.0 Å². The van der Waals surface area contributed by atoms with Crippen molar-refractivity contribution in [1.29, 1.82) is 0 Å². The molecule has 0 aromatic carbocycles. The van der Waals surface area contributed by atoms with Gasteiger partial charge < -0.3 is 15.1 Å². The fourth-order valence-electron chi connectivity index (χ4n) is 2.68. The highest BCUT2D eigenvalue weighted by molar-refractivity contribution is 5.40. The first-order valence-electron chi connectivity index (χ1n) is 7.49. The number of aliphatic hydroxyl groups is 2. The van der Waals surface area contributed by atoms with E-state index in [1.165, 1.54) is 0 Å². The van der Waals surface area contributed by atoms with Gasteiger partial charge in [-0.05, 0) is 32.6 Å². The average Bonchev–Trinajstić information content (AvgIpc) is 2.61. The molecule has 1 fully saturated rings. The van der Waals surface area contributed by atoms with E-state index in [-0.39, 0.29) is 6.61 Å². The lowest BCUT2D eigenvalue weighted by Gasteiger charge is -2.25. The van der Waals surface area contributed by atoms with Crippen molar-refractivity contribution in [2.24, 2.45) is 0 Å². The van der Waals surface area contributed by atoms with Gasteiger partial charge in [0.1, 0.15) is 11.6 Å². The van der Waals surface area contributed by atoms with Crippen LogP contribution in [0.2, 0.25) is 0 Å². The fourth-order valence-corrected chi connectivity index (χ4v) is 2.68. The Morgan fingerprint density at radius 1 is 1.30 bits per heavy atom. The van der Waals surface area contributed by atoms with Crippen molar-refractivity contribution in [3.8, 4) is 0 Å². The molecule has 112 valence electrons. The van der Waals surface area contributed by atoms with Gasteiger partial charge in [-0.25, -0.2) is 9.97 Å². The molecule has 20 heavy (non-hydrogen) atoms. The molecular formula is C15H25N3O2. The number of nitrogens with zero attached hydrogens (tertiary/aromatic N) is 3. The summed E-state index contributed by atoms with van der Waals surface area (Å²) in [7, 11) is 0. The Balaban J connectivity index is 2.15. The second-order valence-corrected chi connectivity index (χ2v) is 5.76. The fraction of sp³-hybridized carbons (Fsp3) is 0.733. The third-order valence-corrected chi connectivity index (χ3v) is 3.90. The van der Waals surface area contributed by atoms with Crippen molar-refractivity contribution in [3.63, 3.8) is 0 Å². The van der Waals surface area contributed by atoms with E-state index in [2.05, 4.69) is 21.8 Å². The van der Waals surface area contributed by atoms with Crippen LogP contribution in [0.15, 0.2) is 6.07 Å². The molecule has 1 aliphatic heterocycles. The third kappa shape index (κ3) is 3.67. The zero-order chi connectivity index (χ0) is 14.6. The van der Waals surface area contributed by atoms with Crippen LogP contribution in [0.25, 0.3) is 0 Å². The van der Waals surface area contributed by atoms with E-state index in [0.29, 0.717) is 12.8 Å². The molecule has 2 N–H and O–H groups in total. The van der Waals surface area contributed by atoms with Gasteiger partial charge in [0, 0.05) is 31.3 Å². The largest absolute Gasteiger partial charge is 0.393 e. The first kappa shape index (κ1) is 15.2. The molecule has 1 aromatic heterocycles. The first-order valence-corrected chi connectivity index (χ1v) is 7.49. The summed E-state index contributed by atoms with van der Waals surface area (Å²) < 4.78 is 0.